The normalized spacial score (nSPS) is 18.9. The minimum absolute atomic E-state index is 0.183. The van der Waals surface area contributed by atoms with Gasteiger partial charge in [-0.1, -0.05) is 11.6 Å². The molecule has 1 aromatic carbocycles. The molecule has 0 aromatic heterocycles. The number of aryl methyl sites for hydroxylation is 1. The van der Waals surface area contributed by atoms with Crippen LogP contribution in [0.15, 0.2) is 18.2 Å². The number of rotatable bonds is 3. The molecule has 18 heavy (non-hydrogen) atoms. The Morgan fingerprint density at radius 3 is 2.94 bits per heavy atom. The second kappa shape index (κ2) is 5.48. The largest absolute Gasteiger partial charge is 0.335 e. The van der Waals surface area contributed by atoms with Gasteiger partial charge in [0.1, 0.15) is 5.82 Å². The van der Waals surface area contributed by atoms with E-state index in [1.165, 1.54) is 6.07 Å². The molecule has 0 radical (unpaired) electrons. The van der Waals surface area contributed by atoms with E-state index < -0.39 is 5.82 Å². The topological polar surface area (TPSA) is 32.3 Å². The molecule has 1 unspecified atom stereocenters. The molecule has 1 aromatic rings. The molecule has 0 saturated carbocycles. The summed E-state index contributed by atoms with van der Waals surface area (Å²) in [5, 5.41) is 3.23. The van der Waals surface area contributed by atoms with Crippen LogP contribution in [0.1, 0.15) is 29.3 Å². The lowest BCUT2D eigenvalue weighted by Gasteiger charge is -2.27. The molecule has 3 nitrogen and oxygen atoms in total. The van der Waals surface area contributed by atoms with E-state index in [4.69, 9.17) is 0 Å². The summed E-state index contributed by atoms with van der Waals surface area (Å²) >= 11 is 0. The number of benzene rings is 1. The number of likely N-dealkylation sites (N-methyl/N-ethyl adjacent to an activating group) is 1. The van der Waals surface area contributed by atoms with Crippen molar-refractivity contribution >= 4 is 5.91 Å². The lowest BCUT2D eigenvalue weighted by Crippen LogP contribution is -2.41. The van der Waals surface area contributed by atoms with Crippen LogP contribution in [0, 0.1) is 12.7 Å². The average Bonchev–Trinajstić information content (AvgIpc) is 2.87. The average molecular weight is 250 g/mol. The Hall–Kier alpha value is -1.42. The summed E-state index contributed by atoms with van der Waals surface area (Å²) in [6.07, 6.45) is 0.938. The summed E-state index contributed by atoms with van der Waals surface area (Å²) < 4.78 is 13.7. The van der Waals surface area contributed by atoms with E-state index in [-0.39, 0.29) is 17.5 Å². The fourth-order valence-electron chi connectivity index (χ4n) is 2.43. The zero-order chi connectivity index (χ0) is 13.1. The molecule has 0 bridgehead atoms. The van der Waals surface area contributed by atoms with Gasteiger partial charge in [0.05, 0.1) is 5.56 Å². The predicted molar refractivity (Wildman–Crippen MR) is 69.1 cm³/mol. The first kappa shape index (κ1) is 13.0. The Kier molecular flexibility index (Phi) is 3.97. The number of carbonyl (C=O) groups excluding carboxylic acids is 1. The van der Waals surface area contributed by atoms with E-state index in [2.05, 4.69) is 5.32 Å². The van der Waals surface area contributed by atoms with E-state index in [1.54, 1.807) is 17.0 Å². The summed E-state index contributed by atoms with van der Waals surface area (Å²) in [6.45, 7) is 6.13. The number of nitrogens with one attached hydrogen (secondary N) is 1. The van der Waals surface area contributed by atoms with Crippen molar-refractivity contribution in [3.63, 3.8) is 0 Å². The predicted octanol–water partition coefficient (Wildman–Crippen LogP) is 1.96. The summed E-state index contributed by atoms with van der Waals surface area (Å²) in [5.74, 6) is -0.637. The maximum atomic E-state index is 13.7. The number of halogens is 1. The molecular formula is C14H19FN2O. The van der Waals surface area contributed by atoms with E-state index in [0.29, 0.717) is 6.54 Å². The van der Waals surface area contributed by atoms with Crippen molar-refractivity contribution < 1.29 is 9.18 Å². The van der Waals surface area contributed by atoms with Crippen LogP contribution in [0.4, 0.5) is 4.39 Å². The Morgan fingerprint density at radius 2 is 2.33 bits per heavy atom. The van der Waals surface area contributed by atoms with Gasteiger partial charge in [-0.3, -0.25) is 4.79 Å². The highest BCUT2D eigenvalue weighted by atomic mass is 19.1. The van der Waals surface area contributed by atoms with E-state index in [1.807, 2.05) is 13.8 Å². The van der Waals surface area contributed by atoms with Crippen LogP contribution in [0.3, 0.4) is 0 Å². The molecule has 1 aliphatic rings. The second-order valence-electron chi connectivity index (χ2n) is 4.72. The van der Waals surface area contributed by atoms with Crippen LogP contribution in [-0.2, 0) is 0 Å². The van der Waals surface area contributed by atoms with E-state index in [0.717, 1.165) is 25.1 Å². The van der Waals surface area contributed by atoms with Gasteiger partial charge in [0.25, 0.3) is 5.91 Å². The molecule has 1 saturated heterocycles. The van der Waals surface area contributed by atoms with Crippen molar-refractivity contribution in [2.45, 2.75) is 26.3 Å². The van der Waals surface area contributed by atoms with Crippen LogP contribution in [-0.4, -0.2) is 36.5 Å². The second-order valence-corrected chi connectivity index (χ2v) is 4.72. The number of hydrogen-bond acceptors (Lipinski definition) is 2. The third kappa shape index (κ3) is 2.53. The number of nitrogens with zero attached hydrogens (tertiary/aromatic N) is 1. The molecule has 1 aliphatic heterocycles. The fourth-order valence-corrected chi connectivity index (χ4v) is 2.43. The van der Waals surface area contributed by atoms with Crippen LogP contribution in [0.2, 0.25) is 0 Å². The van der Waals surface area contributed by atoms with Gasteiger partial charge in [0.2, 0.25) is 0 Å². The SMILES string of the molecule is CCN(C(=O)c1cc(C)ccc1F)C1CCNC1. The molecule has 0 aliphatic carbocycles. The lowest BCUT2D eigenvalue weighted by molar-refractivity contribution is 0.0699. The minimum Gasteiger partial charge on any atom is -0.335 e. The van der Waals surface area contributed by atoms with Gasteiger partial charge in [0, 0.05) is 19.1 Å². The summed E-state index contributed by atoms with van der Waals surface area (Å²) in [6, 6.07) is 4.85. The fraction of sp³-hybridized carbons (Fsp3) is 0.500. The van der Waals surface area contributed by atoms with Crippen LogP contribution in [0.25, 0.3) is 0 Å². The smallest absolute Gasteiger partial charge is 0.257 e. The van der Waals surface area contributed by atoms with Gasteiger partial charge in [-0.15, -0.1) is 0 Å². The maximum absolute atomic E-state index is 13.7. The quantitative estimate of drug-likeness (QED) is 0.889. The Balaban J connectivity index is 2.25. The molecule has 1 fully saturated rings. The van der Waals surface area contributed by atoms with Crippen molar-refractivity contribution in [1.29, 1.82) is 0 Å². The molecule has 2 rings (SSSR count). The zero-order valence-corrected chi connectivity index (χ0v) is 10.9. The number of hydrogen-bond donors (Lipinski definition) is 1. The van der Waals surface area contributed by atoms with Gasteiger partial charge in [-0.25, -0.2) is 4.39 Å². The zero-order valence-electron chi connectivity index (χ0n) is 10.9. The van der Waals surface area contributed by atoms with Crippen molar-refractivity contribution in [3.8, 4) is 0 Å². The van der Waals surface area contributed by atoms with Crippen LogP contribution in [0.5, 0.6) is 0 Å². The number of amides is 1. The first-order chi connectivity index (χ1) is 8.63. The molecule has 1 N–H and O–H groups in total. The van der Waals surface area contributed by atoms with Crippen LogP contribution >= 0.6 is 0 Å². The Bertz CT molecular complexity index is 441. The van der Waals surface area contributed by atoms with E-state index in [9.17, 15) is 9.18 Å². The molecule has 1 atom stereocenters. The standard InChI is InChI=1S/C14H19FN2O/c1-3-17(11-6-7-16-9-11)14(18)12-8-10(2)4-5-13(12)15/h4-5,8,11,16H,3,6-7,9H2,1-2H3. The summed E-state index contributed by atoms with van der Waals surface area (Å²) in [7, 11) is 0. The van der Waals surface area contributed by atoms with E-state index >= 15 is 0 Å². The first-order valence-corrected chi connectivity index (χ1v) is 6.41. The van der Waals surface area contributed by atoms with Crippen molar-refractivity contribution in [3.05, 3.63) is 35.1 Å². The molecule has 0 spiro atoms. The number of carbonyl (C=O) groups is 1. The molecular weight excluding hydrogens is 231 g/mol. The molecule has 98 valence electrons. The molecule has 4 heteroatoms. The third-order valence-corrected chi connectivity index (χ3v) is 3.43. The Labute approximate surface area is 107 Å². The first-order valence-electron chi connectivity index (χ1n) is 6.41. The lowest BCUT2D eigenvalue weighted by atomic mass is 10.1. The Morgan fingerprint density at radius 1 is 1.56 bits per heavy atom. The van der Waals surface area contributed by atoms with Crippen LogP contribution < -0.4 is 5.32 Å². The minimum atomic E-state index is -0.435. The maximum Gasteiger partial charge on any atom is 0.257 e. The highest BCUT2D eigenvalue weighted by Crippen LogP contribution is 2.17. The summed E-state index contributed by atoms with van der Waals surface area (Å²) in [5.41, 5.74) is 1.09. The van der Waals surface area contributed by atoms with Gasteiger partial charge in [0.15, 0.2) is 0 Å². The third-order valence-electron chi connectivity index (χ3n) is 3.43. The van der Waals surface area contributed by atoms with Crippen molar-refractivity contribution in [1.82, 2.24) is 10.2 Å². The molecule has 1 amide bonds. The van der Waals surface area contributed by atoms with Gasteiger partial charge in [-0.05, 0) is 38.9 Å². The molecule has 1 heterocycles. The van der Waals surface area contributed by atoms with Gasteiger partial charge < -0.3 is 10.2 Å². The summed E-state index contributed by atoms with van der Waals surface area (Å²) in [4.78, 5) is 14.2. The highest BCUT2D eigenvalue weighted by Gasteiger charge is 2.27. The van der Waals surface area contributed by atoms with Crippen molar-refractivity contribution in [2.24, 2.45) is 0 Å². The highest BCUT2D eigenvalue weighted by molar-refractivity contribution is 5.95. The monoisotopic (exact) mass is 250 g/mol. The van der Waals surface area contributed by atoms with Crippen molar-refractivity contribution in [2.75, 3.05) is 19.6 Å². The van der Waals surface area contributed by atoms with Gasteiger partial charge >= 0.3 is 0 Å². The van der Waals surface area contributed by atoms with Gasteiger partial charge in [-0.2, -0.15) is 0 Å².